The molecule has 0 fully saturated rings. The Labute approximate surface area is 374 Å². The molecule has 4 heterocycles. The number of benzene rings is 9. The quantitative estimate of drug-likeness (QED) is 0.173. The first kappa shape index (κ1) is 36.2. The maximum Gasteiger partial charge on any atom is 0.135 e. The van der Waals surface area contributed by atoms with Crippen molar-refractivity contribution in [1.29, 1.82) is 0 Å². The Morgan fingerprint density at radius 3 is 1.23 bits per heavy atom. The summed E-state index contributed by atoms with van der Waals surface area (Å²) in [4.78, 5) is 0. The van der Waals surface area contributed by atoms with Gasteiger partial charge in [0.15, 0.2) is 0 Å². The summed E-state index contributed by atoms with van der Waals surface area (Å²) in [5.41, 5.74) is 17.9. The number of hydrogen-bond acceptors (Lipinski definition) is 2. The average molecular weight is 833 g/mol. The summed E-state index contributed by atoms with van der Waals surface area (Å²) in [5, 5.41) is 9.44. The van der Waals surface area contributed by atoms with Crippen molar-refractivity contribution < 1.29 is 8.83 Å². The molecule has 1 aliphatic carbocycles. The van der Waals surface area contributed by atoms with Crippen LogP contribution in [0.5, 0.6) is 0 Å². The number of nitrogens with zero attached hydrogens (tertiary/aromatic N) is 2. The minimum Gasteiger partial charge on any atom is -0.456 e. The fourth-order valence-electron chi connectivity index (χ4n) is 10.7. The van der Waals surface area contributed by atoms with Gasteiger partial charge in [-0.3, -0.25) is 0 Å². The summed E-state index contributed by atoms with van der Waals surface area (Å²) in [5.74, 6) is 0.447. The topological polar surface area (TPSA) is 36.1 Å². The van der Waals surface area contributed by atoms with Crippen LogP contribution in [0.15, 0.2) is 215 Å². The average Bonchev–Trinajstić information content (AvgIpc) is 4.11. The molecule has 0 saturated heterocycles. The molecular weight excluding hydrogens is 793 g/mol. The third kappa shape index (κ3) is 5.50. The molecule has 4 nitrogen and oxygen atoms in total. The molecule has 1 aliphatic rings. The molecule has 14 rings (SSSR count). The van der Waals surface area contributed by atoms with Crippen LogP contribution in [0.4, 0.5) is 0 Å². The Balaban J connectivity index is 0.847. The van der Waals surface area contributed by atoms with E-state index in [0.29, 0.717) is 5.92 Å². The highest BCUT2D eigenvalue weighted by molar-refractivity contribution is 6.14. The highest BCUT2D eigenvalue weighted by atomic mass is 16.3. The van der Waals surface area contributed by atoms with Crippen LogP contribution >= 0.6 is 0 Å². The van der Waals surface area contributed by atoms with Gasteiger partial charge in [0.2, 0.25) is 0 Å². The van der Waals surface area contributed by atoms with E-state index in [0.717, 1.165) is 72.7 Å². The number of rotatable bonds is 5. The Morgan fingerprint density at radius 1 is 0.369 bits per heavy atom. The first-order chi connectivity index (χ1) is 32.1. The molecule has 4 heteroatoms. The van der Waals surface area contributed by atoms with Gasteiger partial charge in [-0.2, -0.15) is 0 Å². The highest BCUT2D eigenvalue weighted by Crippen LogP contribution is 2.42. The minimum absolute atomic E-state index is 0.447. The maximum atomic E-state index is 6.46. The van der Waals surface area contributed by atoms with Crippen molar-refractivity contribution in [3.63, 3.8) is 0 Å². The second-order valence-corrected chi connectivity index (χ2v) is 17.7. The van der Waals surface area contributed by atoms with Gasteiger partial charge in [-0.05, 0) is 143 Å². The van der Waals surface area contributed by atoms with Crippen LogP contribution in [0.3, 0.4) is 0 Å². The number of para-hydroxylation sites is 3. The van der Waals surface area contributed by atoms with Gasteiger partial charge >= 0.3 is 0 Å². The van der Waals surface area contributed by atoms with E-state index in [1.807, 2.05) is 0 Å². The van der Waals surface area contributed by atoms with Crippen molar-refractivity contribution in [3.05, 3.63) is 206 Å². The summed E-state index contributed by atoms with van der Waals surface area (Å²) in [6.07, 6.45) is 7.79. The fraction of sp³-hybridized carbons (Fsp3) is 0.0492. The fourth-order valence-corrected chi connectivity index (χ4v) is 10.7. The van der Waals surface area contributed by atoms with Gasteiger partial charge in [-0.15, -0.1) is 0 Å². The van der Waals surface area contributed by atoms with Gasteiger partial charge in [-0.25, -0.2) is 0 Å². The SMILES string of the molecule is CC1CC=CC=C1n1c2ccccc2c2cc(-c3ccc4oc5ccc(-c6ccc7oc8ccc(-c9ccc%10c(c9)c9ccccc9n%10-c9ccccc9)cc8c7c6)cc5c4c3)ccc21. The van der Waals surface area contributed by atoms with Crippen LogP contribution in [0.25, 0.3) is 132 Å². The van der Waals surface area contributed by atoms with Crippen LogP contribution in [0.1, 0.15) is 13.3 Å². The number of fused-ring (bicyclic) bond motifs is 12. The Kier molecular flexibility index (Phi) is 7.70. The van der Waals surface area contributed by atoms with Crippen molar-refractivity contribution in [1.82, 2.24) is 9.13 Å². The van der Waals surface area contributed by atoms with Crippen LogP contribution in [-0.4, -0.2) is 9.13 Å². The van der Waals surface area contributed by atoms with E-state index in [1.165, 1.54) is 66.0 Å². The smallest absolute Gasteiger partial charge is 0.135 e. The molecule has 1 unspecified atom stereocenters. The van der Waals surface area contributed by atoms with E-state index in [1.54, 1.807) is 0 Å². The lowest BCUT2D eigenvalue weighted by molar-refractivity contribution is 0.668. The van der Waals surface area contributed by atoms with Crippen molar-refractivity contribution in [2.45, 2.75) is 13.3 Å². The summed E-state index contributed by atoms with van der Waals surface area (Å²) in [6, 6.07) is 68.2. The first-order valence-corrected chi connectivity index (χ1v) is 22.5. The van der Waals surface area contributed by atoms with Gasteiger partial charge in [0.05, 0.1) is 22.1 Å². The molecule has 0 amide bonds. The predicted octanol–water partition coefficient (Wildman–Crippen LogP) is 17.1. The summed E-state index contributed by atoms with van der Waals surface area (Å²) in [7, 11) is 0. The van der Waals surface area contributed by atoms with Gasteiger partial charge in [-0.1, -0.05) is 110 Å². The summed E-state index contributed by atoms with van der Waals surface area (Å²) < 4.78 is 17.7. The van der Waals surface area contributed by atoms with Crippen LogP contribution in [0, 0.1) is 5.92 Å². The lowest BCUT2D eigenvalue weighted by Crippen LogP contribution is -2.07. The van der Waals surface area contributed by atoms with Gasteiger partial charge in [0.1, 0.15) is 22.3 Å². The second-order valence-electron chi connectivity index (χ2n) is 17.7. The standard InChI is InChI=1S/C61H40N2O2/c1-37-11-5-8-16-53(37)63-55-18-10-7-15-46(55)48-32-39(20-26-57(48)63)41-22-28-59-50(34-41)52-36-43(24-30-61(52)65-59)42-23-29-60-51(35-42)49-33-40(21-27-58(49)64-60)38-19-25-56-47(31-38)45-14-6-9-17-54(45)62(56)44-12-3-2-4-13-44/h2-10,12-37H,11H2,1H3. The zero-order chi connectivity index (χ0) is 42.8. The summed E-state index contributed by atoms with van der Waals surface area (Å²) >= 11 is 0. The number of hydrogen-bond donors (Lipinski definition) is 0. The largest absolute Gasteiger partial charge is 0.456 e. The van der Waals surface area contributed by atoms with E-state index >= 15 is 0 Å². The molecule has 0 N–H and O–H groups in total. The molecule has 65 heavy (non-hydrogen) atoms. The van der Waals surface area contributed by atoms with Gasteiger partial charge in [0, 0.05) is 60.4 Å². The normalized spacial score (nSPS) is 14.4. The van der Waals surface area contributed by atoms with Gasteiger partial charge in [0.25, 0.3) is 0 Å². The molecule has 0 bridgehead atoms. The molecule has 1 atom stereocenters. The molecule has 13 aromatic rings. The Bertz CT molecular complexity index is 4170. The molecule has 0 spiro atoms. The van der Waals surface area contributed by atoms with E-state index in [-0.39, 0.29) is 0 Å². The first-order valence-electron chi connectivity index (χ1n) is 22.5. The molecule has 0 radical (unpaired) electrons. The number of furan rings is 2. The van der Waals surface area contributed by atoms with E-state index < -0.39 is 0 Å². The van der Waals surface area contributed by atoms with Crippen molar-refractivity contribution in [2.75, 3.05) is 0 Å². The van der Waals surface area contributed by atoms with E-state index in [4.69, 9.17) is 8.83 Å². The lowest BCUT2D eigenvalue weighted by Gasteiger charge is -2.20. The monoisotopic (exact) mass is 832 g/mol. The van der Waals surface area contributed by atoms with Crippen LogP contribution in [0.2, 0.25) is 0 Å². The highest BCUT2D eigenvalue weighted by Gasteiger charge is 2.20. The third-order valence-electron chi connectivity index (χ3n) is 14.0. The Hall–Kier alpha value is -8.34. The molecule has 9 aromatic carbocycles. The van der Waals surface area contributed by atoms with Crippen LogP contribution < -0.4 is 0 Å². The zero-order valence-corrected chi connectivity index (χ0v) is 35.6. The minimum atomic E-state index is 0.447. The molecule has 0 aliphatic heterocycles. The van der Waals surface area contributed by atoms with E-state index in [9.17, 15) is 0 Å². The van der Waals surface area contributed by atoms with Crippen molar-refractivity contribution in [3.8, 4) is 39.1 Å². The maximum absolute atomic E-state index is 6.46. The van der Waals surface area contributed by atoms with Gasteiger partial charge < -0.3 is 18.0 Å². The lowest BCUT2D eigenvalue weighted by atomic mass is 9.97. The van der Waals surface area contributed by atoms with Crippen molar-refractivity contribution >= 4 is 93.2 Å². The molecular formula is C61H40N2O2. The zero-order valence-electron chi connectivity index (χ0n) is 35.6. The molecule has 0 saturated carbocycles. The third-order valence-corrected chi connectivity index (χ3v) is 14.0. The van der Waals surface area contributed by atoms with Crippen LogP contribution in [-0.2, 0) is 0 Å². The number of aromatic nitrogens is 2. The number of allylic oxidation sites excluding steroid dienone is 4. The predicted molar refractivity (Wildman–Crippen MR) is 272 cm³/mol. The molecule has 4 aromatic heterocycles. The Morgan fingerprint density at radius 2 is 0.754 bits per heavy atom. The molecule has 306 valence electrons. The van der Waals surface area contributed by atoms with E-state index in [2.05, 4.69) is 222 Å². The van der Waals surface area contributed by atoms with Crippen molar-refractivity contribution in [2.24, 2.45) is 5.92 Å². The second kappa shape index (κ2) is 13.8. The summed E-state index contributed by atoms with van der Waals surface area (Å²) in [6.45, 7) is 2.32.